The highest BCUT2D eigenvalue weighted by atomic mass is 19.3. The zero-order valence-corrected chi connectivity index (χ0v) is 6.80. The van der Waals surface area contributed by atoms with Crippen LogP contribution in [0.4, 0.5) is 14.7 Å². The number of anilines is 1. The second kappa shape index (κ2) is 4.04. The van der Waals surface area contributed by atoms with Crippen LogP contribution >= 0.6 is 0 Å². The van der Waals surface area contributed by atoms with Crippen molar-refractivity contribution in [1.29, 1.82) is 0 Å². The van der Waals surface area contributed by atoms with Crippen molar-refractivity contribution in [3.8, 4) is 0 Å². The SMILES string of the molecule is CCNc1nccn1CC(F)F. The fourth-order valence-corrected chi connectivity index (χ4v) is 0.930. The molecular formula is C7H11F2N3. The van der Waals surface area contributed by atoms with Gasteiger partial charge in [-0.15, -0.1) is 0 Å². The molecule has 3 nitrogen and oxygen atoms in total. The first kappa shape index (κ1) is 8.96. The molecule has 0 unspecified atom stereocenters. The third-order valence-electron chi connectivity index (χ3n) is 1.39. The van der Waals surface area contributed by atoms with Crippen molar-refractivity contribution in [1.82, 2.24) is 9.55 Å². The minimum absolute atomic E-state index is 0.303. The van der Waals surface area contributed by atoms with Crippen molar-refractivity contribution >= 4 is 5.95 Å². The Hall–Kier alpha value is -1.13. The number of nitrogens with one attached hydrogen (secondary N) is 1. The number of alkyl halides is 2. The van der Waals surface area contributed by atoms with Gasteiger partial charge in [-0.1, -0.05) is 0 Å². The maximum absolute atomic E-state index is 11.9. The van der Waals surface area contributed by atoms with Gasteiger partial charge < -0.3 is 9.88 Å². The minimum atomic E-state index is -2.34. The predicted octanol–water partition coefficient (Wildman–Crippen LogP) is 1.58. The molecule has 1 aromatic rings. The number of imidazole rings is 1. The van der Waals surface area contributed by atoms with Gasteiger partial charge >= 0.3 is 0 Å². The average Bonchev–Trinajstić information content (AvgIpc) is 2.37. The Morgan fingerprint density at radius 2 is 2.42 bits per heavy atom. The summed E-state index contributed by atoms with van der Waals surface area (Å²) in [6.45, 7) is 2.27. The van der Waals surface area contributed by atoms with Crippen LogP contribution in [0.2, 0.25) is 0 Å². The van der Waals surface area contributed by atoms with E-state index >= 15 is 0 Å². The van der Waals surface area contributed by atoms with Crippen LogP contribution in [0.25, 0.3) is 0 Å². The number of hydrogen-bond donors (Lipinski definition) is 1. The van der Waals surface area contributed by atoms with E-state index in [0.717, 1.165) is 0 Å². The van der Waals surface area contributed by atoms with Gasteiger partial charge in [-0.2, -0.15) is 0 Å². The first-order valence-electron chi connectivity index (χ1n) is 3.77. The fourth-order valence-electron chi connectivity index (χ4n) is 0.930. The third-order valence-corrected chi connectivity index (χ3v) is 1.39. The van der Waals surface area contributed by atoms with E-state index in [1.807, 2.05) is 6.92 Å². The van der Waals surface area contributed by atoms with Gasteiger partial charge in [0.1, 0.15) is 0 Å². The van der Waals surface area contributed by atoms with Crippen LogP contribution in [-0.2, 0) is 6.54 Å². The maximum Gasteiger partial charge on any atom is 0.256 e. The molecule has 0 saturated carbocycles. The molecule has 1 rings (SSSR count). The summed E-state index contributed by atoms with van der Waals surface area (Å²) in [7, 11) is 0. The molecule has 0 spiro atoms. The summed E-state index contributed by atoms with van der Waals surface area (Å²) in [5.41, 5.74) is 0. The van der Waals surface area contributed by atoms with Crippen molar-refractivity contribution in [2.24, 2.45) is 0 Å². The molecule has 0 aromatic carbocycles. The molecule has 0 fully saturated rings. The van der Waals surface area contributed by atoms with E-state index in [1.54, 1.807) is 0 Å². The lowest BCUT2D eigenvalue weighted by Crippen LogP contribution is -2.10. The van der Waals surface area contributed by atoms with Gasteiger partial charge in [-0.25, -0.2) is 13.8 Å². The zero-order chi connectivity index (χ0) is 8.97. The average molecular weight is 175 g/mol. The zero-order valence-electron chi connectivity index (χ0n) is 6.80. The van der Waals surface area contributed by atoms with Crippen molar-refractivity contribution < 1.29 is 8.78 Å². The van der Waals surface area contributed by atoms with Crippen LogP contribution in [0.3, 0.4) is 0 Å². The van der Waals surface area contributed by atoms with Crippen LogP contribution in [0, 0.1) is 0 Å². The van der Waals surface area contributed by atoms with Gasteiger partial charge in [0.05, 0.1) is 6.54 Å². The molecule has 0 atom stereocenters. The lowest BCUT2D eigenvalue weighted by molar-refractivity contribution is 0.127. The van der Waals surface area contributed by atoms with Gasteiger partial charge in [0.25, 0.3) is 6.43 Å². The standard InChI is InChI=1S/C7H11F2N3/c1-2-10-7-11-3-4-12(7)5-6(8)9/h3-4,6H,2,5H2,1H3,(H,10,11). The summed E-state index contributed by atoms with van der Waals surface area (Å²) in [5.74, 6) is 0.498. The predicted molar refractivity (Wildman–Crippen MR) is 42.4 cm³/mol. The Kier molecular flexibility index (Phi) is 3.01. The summed E-state index contributed by atoms with van der Waals surface area (Å²) in [4.78, 5) is 3.88. The van der Waals surface area contributed by atoms with E-state index in [4.69, 9.17) is 0 Å². The van der Waals surface area contributed by atoms with Gasteiger partial charge in [-0.3, -0.25) is 0 Å². The largest absolute Gasteiger partial charge is 0.356 e. The number of halogens is 2. The second-order valence-corrected chi connectivity index (χ2v) is 2.32. The Labute approximate surface area is 69.4 Å². The quantitative estimate of drug-likeness (QED) is 0.752. The minimum Gasteiger partial charge on any atom is -0.356 e. The van der Waals surface area contributed by atoms with E-state index in [9.17, 15) is 8.78 Å². The van der Waals surface area contributed by atoms with Crippen molar-refractivity contribution in [2.75, 3.05) is 11.9 Å². The van der Waals surface area contributed by atoms with Crippen LogP contribution in [0.1, 0.15) is 6.92 Å². The first-order chi connectivity index (χ1) is 5.74. The van der Waals surface area contributed by atoms with Crippen LogP contribution in [0.5, 0.6) is 0 Å². The molecule has 68 valence electrons. The monoisotopic (exact) mass is 175 g/mol. The Balaban J connectivity index is 2.63. The fraction of sp³-hybridized carbons (Fsp3) is 0.571. The molecule has 1 N–H and O–H groups in total. The van der Waals surface area contributed by atoms with Crippen LogP contribution in [0.15, 0.2) is 12.4 Å². The van der Waals surface area contributed by atoms with Gasteiger partial charge in [-0.05, 0) is 6.92 Å². The molecule has 0 amide bonds. The van der Waals surface area contributed by atoms with E-state index in [2.05, 4.69) is 10.3 Å². The highest BCUT2D eigenvalue weighted by Crippen LogP contribution is 2.06. The van der Waals surface area contributed by atoms with E-state index in [-0.39, 0.29) is 6.54 Å². The van der Waals surface area contributed by atoms with Crippen molar-refractivity contribution in [3.05, 3.63) is 12.4 Å². The van der Waals surface area contributed by atoms with Gasteiger partial charge in [0.2, 0.25) is 5.95 Å². The van der Waals surface area contributed by atoms with E-state index in [1.165, 1.54) is 17.0 Å². The molecular weight excluding hydrogens is 164 g/mol. The number of hydrogen-bond acceptors (Lipinski definition) is 2. The first-order valence-corrected chi connectivity index (χ1v) is 3.77. The number of rotatable bonds is 4. The molecule has 1 heterocycles. The highest BCUT2D eigenvalue weighted by Gasteiger charge is 2.06. The van der Waals surface area contributed by atoms with Crippen molar-refractivity contribution in [3.63, 3.8) is 0 Å². The van der Waals surface area contributed by atoms with Gasteiger partial charge in [0, 0.05) is 18.9 Å². The summed E-state index contributed by atoms with van der Waals surface area (Å²) in [6, 6.07) is 0. The molecule has 0 aliphatic rings. The van der Waals surface area contributed by atoms with Crippen molar-refractivity contribution in [2.45, 2.75) is 19.9 Å². The van der Waals surface area contributed by atoms with E-state index in [0.29, 0.717) is 12.5 Å². The summed E-state index contributed by atoms with van der Waals surface area (Å²) in [5, 5.41) is 2.88. The number of aromatic nitrogens is 2. The summed E-state index contributed by atoms with van der Waals surface area (Å²) < 4.78 is 25.3. The molecule has 0 saturated heterocycles. The molecule has 12 heavy (non-hydrogen) atoms. The Morgan fingerprint density at radius 3 is 3.00 bits per heavy atom. The Morgan fingerprint density at radius 1 is 1.67 bits per heavy atom. The highest BCUT2D eigenvalue weighted by molar-refractivity contribution is 5.25. The molecule has 1 aromatic heterocycles. The Bertz CT molecular complexity index is 234. The van der Waals surface area contributed by atoms with E-state index < -0.39 is 6.43 Å². The van der Waals surface area contributed by atoms with Gasteiger partial charge in [0.15, 0.2) is 0 Å². The molecule has 0 radical (unpaired) electrons. The molecule has 5 heteroatoms. The molecule has 0 aliphatic heterocycles. The molecule has 0 bridgehead atoms. The lowest BCUT2D eigenvalue weighted by atomic mass is 10.6. The summed E-state index contributed by atoms with van der Waals surface area (Å²) >= 11 is 0. The second-order valence-electron chi connectivity index (χ2n) is 2.32. The lowest BCUT2D eigenvalue weighted by Gasteiger charge is -2.06. The smallest absolute Gasteiger partial charge is 0.256 e. The third kappa shape index (κ3) is 2.18. The normalized spacial score (nSPS) is 10.7. The number of nitrogens with zero attached hydrogens (tertiary/aromatic N) is 2. The summed E-state index contributed by atoms with van der Waals surface area (Å²) in [6.07, 6.45) is 0.696. The molecule has 0 aliphatic carbocycles. The topological polar surface area (TPSA) is 29.9 Å². The van der Waals surface area contributed by atoms with Crippen LogP contribution < -0.4 is 5.32 Å². The van der Waals surface area contributed by atoms with Crippen LogP contribution in [-0.4, -0.2) is 22.5 Å². The maximum atomic E-state index is 11.9.